The zero-order chi connectivity index (χ0) is 11.3. The summed E-state index contributed by atoms with van der Waals surface area (Å²) in [4.78, 5) is -0.0276. The highest BCUT2D eigenvalue weighted by atomic mass is 32.2. The summed E-state index contributed by atoms with van der Waals surface area (Å²) in [6, 6.07) is 8.12. The van der Waals surface area contributed by atoms with Crippen LogP contribution in [0.3, 0.4) is 0 Å². The van der Waals surface area contributed by atoms with Gasteiger partial charge >= 0.3 is 0 Å². The Hall–Kier alpha value is -1.64. The molecule has 0 spiro atoms. The lowest BCUT2D eigenvalue weighted by Gasteiger charge is -2.09. The molecule has 1 rings (SSSR count). The first-order chi connectivity index (χ1) is 7.19. The molecule has 4 nitrogen and oxygen atoms in total. The van der Waals surface area contributed by atoms with Gasteiger partial charge in [-0.3, -0.25) is 4.21 Å². The molecule has 0 fully saturated rings. The summed E-state index contributed by atoms with van der Waals surface area (Å²) in [5.74, 6) is 0.631. The summed E-state index contributed by atoms with van der Waals surface area (Å²) in [6.07, 6.45) is 0.991. The van der Waals surface area contributed by atoms with Crippen molar-refractivity contribution in [2.45, 2.75) is 0 Å². The quantitative estimate of drug-likeness (QED) is 0.573. The molecule has 0 aliphatic rings. The number of benzene rings is 1. The molecule has 0 aliphatic carbocycles. The molecule has 78 valence electrons. The Kier molecular flexibility index (Phi) is 4.03. The first kappa shape index (κ1) is 11.4. The molecule has 0 heterocycles. The molecule has 1 unspecified atom stereocenters. The lowest BCUT2D eigenvalue weighted by molar-refractivity contribution is 0.415. The van der Waals surface area contributed by atoms with Crippen LogP contribution in [0.25, 0.3) is 4.91 Å². The molecule has 0 aromatic heterocycles. The van der Waals surface area contributed by atoms with Crippen LogP contribution in [0.5, 0.6) is 5.75 Å². The van der Waals surface area contributed by atoms with Gasteiger partial charge in [-0.05, 0) is 28.8 Å². The van der Waals surface area contributed by atoms with E-state index in [1.165, 1.54) is 7.11 Å². The van der Waals surface area contributed by atoms with E-state index in [1.54, 1.807) is 30.3 Å². The third-order valence-corrected chi connectivity index (χ3v) is 2.46. The molecule has 0 N–H and O–H groups in total. The molecule has 0 saturated carbocycles. The van der Waals surface area contributed by atoms with Crippen LogP contribution < -0.4 is 4.74 Å². The average molecular weight is 222 g/mol. The van der Waals surface area contributed by atoms with Crippen molar-refractivity contribution in [1.29, 1.82) is 5.26 Å². The largest absolute Gasteiger partial charge is 0.768 e. The van der Waals surface area contributed by atoms with E-state index < -0.39 is 11.1 Å². The van der Waals surface area contributed by atoms with Crippen LogP contribution in [0, 0.1) is 11.3 Å². The maximum atomic E-state index is 10.8. The van der Waals surface area contributed by atoms with Crippen molar-refractivity contribution in [3.05, 3.63) is 35.9 Å². The number of methoxy groups -OCH3 is 1. The lowest BCUT2D eigenvalue weighted by atomic mass is 10.2. The summed E-state index contributed by atoms with van der Waals surface area (Å²) in [5, 5.41) is 8.42. The zero-order valence-corrected chi connectivity index (χ0v) is 8.78. The van der Waals surface area contributed by atoms with Gasteiger partial charge in [0.2, 0.25) is 0 Å². The molecule has 0 amide bonds. The van der Waals surface area contributed by atoms with Gasteiger partial charge in [-0.15, -0.1) is 0 Å². The lowest BCUT2D eigenvalue weighted by Crippen LogP contribution is -1.93. The summed E-state index contributed by atoms with van der Waals surface area (Å²) < 4.78 is 26.5. The third-order valence-electron chi connectivity index (χ3n) is 1.75. The Morgan fingerprint density at radius 1 is 1.53 bits per heavy atom. The van der Waals surface area contributed by atoms with Crippen molar-refractivity contribution in [3.63, 3.8) is 0 Å². The Balaban J connectivity index is 3.09. The van der Waals surface area contributed by atoms with Crippen LogP contribution >= 0.6 is 0 Å². The second-order valence-electron chi connectivity index (χ2n) is 2.60. The predicted octanol–water partition coefficient (Wildman–Crippen LogP) is 1.44. The van der Waals surface area contributed by atoms with E-state index in [9.17, 15) is 8.76 Å². The molecule has 0 aliphatic heterocycles. The van der Waals surface area contributed by atoms with Crippen LogP contribution in [0.15, 0.2) is 30.3 Å². The van der Waals surface area contributed by atoms with Gasteiger partial charge in [0, 0.05) is 11.0 Å². The predicted molar refractivity (Wildman–Crippen MR) is 55.5 cm³/mol. The van der Waals surface area contributed by atoms with Gasteiger partial charge in [0.05, 0.1) is 13.2 Å². The molecular weight excluding hydrogens is 214 g/mol. The second-order valence-corrected chi connectivity index (χ2v) is 3.51. The van der Waals surface area contributed by atoms with Crippen LogP contribution in [-0.4, -0.2) is 15.9 Å². The summed E-state index contributed by atoms with van der Waals surface area (Å²) in [7, 11) is 1.52. The highest BCUT2D eigenvalue weighted by Gasteiger charge is 2.02. The molecule has 1 aromatic rings. The standard InChI is InChI=1S/C10H9NO3S/c1-14-9-4-2-8(3-5-9)10(6-7-11)15(12)13/h2-6H,1H3,(H,12,13)/p-1. The van der Waals surface area contributed by atoms with Gasteiger partial charge < -0.3 is 9.29 Å². The minimum Gasteiger partial charge on any atom is -0.768 e. The maximum absolute atomic E-state index is 10.8. The van der Waals surface area contributed by atoms with Crippen molar-refractivity contribution in [2.24, 2.45) is 0 Å². The van der Waals surface area contributed by atoms with E-state index in [4.69, 9.17) is 10.00 Å². The fourth-order valence-corrected chi connectivity index (χ4v) is 1.52. The number of nitrogens with zero attached hydrogens (tertiary/aromatic N) is 1. The molecular formula is C10H8NO3S-. The van der Waals surface area contributed by atoms with Gasteiger partial charge in [-0.1, -0.05) is 12.1 Å². The molecule has 15 heavy (non-hydrogen) atoms. The molecule has 5 heteroatoms. The zero-order valence-electron chi connectivity index (χ0n) is 7.97. The van der Waals surface area contributed by atoms with Crippen molar-refractivity contribution in [3.8, 4) is 11.8 Å². The van der Waals surface area contributed by atoms with Crippen LogP contribution in [0.2, 0.25) is 0 Å². The Morgan fingerprint density at radius 2 is 2.13 bits per heavy atom. The number of hydrogen-bond acceptors (Lipinski definition) is 4. The van der Waals surface area contributed by atoms with Gasteiger partial charge in [-0.2, -0.15) is 5.26 Å². The Morgan fingerprint density at radius 3 is 2.53 bits per heavy atom. The SMILES string of the molecule is COc1ccc(C(=CC#N)S(=O)[O-])cc1. The van der Waals surface area contributed by atoms with Crippen molar-refractivity contribution in [1.82, 2.24) is 0 Å². The smallest absolute Gasteiger partial charge is 0.118 e. The molecule has 0 bridgehead atoms. The van der Waals surface area contributed by atoms with Crippen molar-refractivity contribution in [2.75, 3.05) is 7.11 Å². The first-order valence-corrected chi connectivity index (χ1v) is 5.10. The van der Waals surface area contributed by atoms with Gasteiger partial charge in [0.15, 0.2) is 0 Å². The van der Waals surface area contributed by atoms with Gasteiger partial charge in [0.25, 0.3) is 0 Å². The van der Waals surface area contributed by atoms with Gasteiger partial charge in [-0.25, -0.2) is 0 Å². The van der Waals surface area contributed by atoms with E-state index >= 15 is 0 Å². The van der Waals surface area contributed by atoms with Crippen molar-refractivity contribution < 1.29 is 13.5 Å². The fourth-order valence-electron chi connectivity index (χ4n) is 1.04. The number of nitriles is 1. The van der Waals surface area contributed by atoms with E-state index in [0.717, 1.165) is 6.08 Å². The number of hydrogen-bond donors (Lipinski definition) is 0. The fraction of sp³-hybridized carbons (Fsp3) is 0.100. The topological polar surface area (TPSA) is 73.1 Å². The monoisotopic (exact) mass is 222 g/mol. The highest BCUT2D eigenvalue weighted by Crippen LogP contribution is 2.20. The van der Waals surface area contributed by atoms with E-state index in [1.807, 2.05) is 0 Å². The first-order valence-electron chi connectivity index (χ1n) is 4.02. The Bertz CT molecular complexity index is 431. The molecule has 0 saturated heterocycles. The Labute approximate surface area is 90.1 Å². The van der Waals surface area contributed by atoms with Gasteiger partial charge in [0.1, 0.15) is 5.75 Å². The van der Waals surface area contributed by atoms with Crippen LogP contribution in [-0.2, 0) is 11.1 Å². The van der Waals surface area contributed by atoms with E-state index in [2.05, 4.69) is 0 Å². The molecule has 1 aromatic carbocycles. The average Bonchev–Trinajstić information content (AvgIpc) is 2.26. The minimum atomic E-state index is -2.41. The van der Waals surface area contributed by atoms with Crippen molar-refractivity contribution >= 4 is 16.0 Å². The molecule has 1 atom stereocenters. The number of allylic oxidation sites excluding steroid dienone is 1. The summed E-state index contributed by atoms with van der Waals surface area (Å²) in [5.41, 5.74) is 0.464. The van der Waals surface area contributed by atoms with Crippen LogP contribution in [0.1, 0.15) is 5.56 Å². The normalized spacial score (nSPS) is 13.0. The summed E-state index contributed by atoms with van der Waals surface area (Å²) >= 11 is -2.41. The summed E-state index contributed by atoms with van der Waals surface area (Å²) in [6.45, 7) is 0. The number of rotatable bonds is 3. The van der Waals surface area contributed by atoms with E-state index in [0.29, 0.717) is 11.3 Å². The minimum absolute atomic E-state index is 0.0276. The highest BCUT2D eigenvalue weighted by molar-refractivity contribution is 7.89. The number of ether oxygens (including phenoxy) is 1. The third kappa shape index (κ3) is 2.91. The van der Waals surface area contributed by atoms with E-state index in [-0.39, 0.29) is 4.91 Å². The maximum Gasteiger partial charge on any atom is 0.118 e. The van der Waals surface area contributed by atoms with Crippen LogP contribution in [0.4, 0.5) is 0 Å². The molecule has 0 radical (unpaired) electrons. The second kappa shape index (κ2) is 5.29.